The van der Waals surface area contributed by atoms with Gasteiger partial charge in [0.25, 0.3) is 5.78 Å². The number of carbonyl (C=O) groups excluding carboxylic acids is 1. The Balaban J connectivity index is 1.25. The molecule has 180 valence electrons. The fourth-order valence-electron chi connectivity index (χ4n) is 3.96. The molecule has 1 saturated heterocycles. The minimum atomic E-state index is 0.0340. The summed E-state index contributed by atoms with van der Waals surface area (Å²) in [4.78, 5) is 27.6. The summed E-state index contributed by atoms with van der Waals surface area (Å²) >= 11 is 0. The van der Waals surface area contributed by atoms with Crippen molar-refractivity contribution in [2.75, 3.05) is 39.5 Å². The van der Waals surface area contributed by atoms with Crippen molar-refractivity contribution in [1.82, 2.24) is 34.4 Å². The van der Waals surface area contributed by atoms with Crippen molar-refractivity contribution in [3.63, 3.8) is 0 Å². The molecule has 0 spiro atoms. The first-order valence-corrected chi connectivity index (χ1v) is 11.8. The Bertz CT molecular complexity index is 1300. The summed E-state index contributed by atoms with van der Waals surface area (Å²) in [6.45, 7) is 6.71. The van der Waals surface area contributed by atoms with E-state index in [9.17, 15) is 4.79 Å². The van der Waals surface area contributed by atoms with Crippen LogP contribution in [0.5, 0.6) is 5.75 Å². The zero-order chi connectivity index (χ0) is 24.0. The van der Waals surface area contributed by atoms with Gasteiger partial charge in [-0.25, -0.2) is 15.0 Å². The van der Waals surface area contributed by atoms with Crippen LogP contribution < -0.4 is 4.74 Å². The van der Waals surface area contributed by atoms with Gasteiger partial charge >= 0.3 is 0 Å². The number of fused-ring (bicyclic) bond motifs is 1. The van der Waals surface area contributed by atoms with Gasteiger partial charge in [-0.1, -0.05) is 25.1 Å². The third kappa shape index (κ3) is 5.50. The zero-order valence-electron chi connectivity index (χ0n) is 19.6. The molecule has 1 aliphatic heterocycles. The summed E-state index contributed by atoms with van der Waals surface area (Å²) < 4.78 is 13.0. The van der Waals surface area contributed by atoms with Gasteiger partial charge < -0.3 is 9.47 Å². The number of nitrogens with zero attached hydrogens (tertiary/aromatic N) is 7. The van der Waals surface area contributed by atoms with Crippen LogP contribution in [0.3, 0.4) is 0 Å². The highest BCUT2D eigenvalue weighted by atomic mass is 16.5. The molecule has 0 saturated carbocycles. The van der Waals surface area contributed by atoms with E-state index < -0.39 is 0 Å². The summed E-state index contributed by atoms with van der Waals surface area (Å²) in [6, 6.07) is 7.99. The molecule has 0 amide bonds. The Labute approximate surface area is 203 Å². The van der Waals surface area contributed by atoms with Gasteiger partial charge in [-0.15, -0.1) is 10.2 Å². The van der Waals surface area contributed by atoms with Gasteiger partial charge in [0.1, 0.15) is 12.4 Å². The molecule has 0 atom stereocenters. The molecule has 0 aliphatic carbocycles. The highest BCUT2D eigenvalue weighted by Crippen LogP contribution is 2.20. The Morgan fingerprint density at radius 1 is 1.09 bits per heavy atom. The predicted octanol–water partition coefficient (Wildman–Crippen LogP) is 2.48. The van der Waals surface area contributed by atoms with Crippen LogP contribution in [0.15, 0.2) is 49.1 Å². The molecular formula is C25H27N7O3. The van der Waals surface area contributed by atoms with E-state index in [1.165, 1.54) is 0 Å². The minimum absolute atomic E-state index is 0.0340. The number of morpholine rings is 1. The fourth-order valence-corrected chi connectivity index (χ4v) is 3.96. The number of ketones is 1. The number of hydrogen-bond donors (Lipinski definition) is 0. The van der Waals surface area contributed by atoms with E-state index in [1.807, 2.05) is 31.2 Å². The Morgan fingerprint density at radius 2 is 1.91 bits per heavy atom. The van der Waals surface area contributed by atoms with Crippen LogP contribution in [0.1, 0.15) is 35.1 Å². The van der Waals surface area contributed by atoms with E-state index in [0.717, 1.165) is 44.0 Å². The molecular weight excluding hydrogens is 446 g/mol. The van der Waals surface area contributed by atoms with Crippen LogP contribution in [-0.4, -0.2) is 79.7 Å². The molecule has 1 fully saturated rings. The highest BCUT2D eigenvalue weighted by molar-refractivity contribution is 5.95. The van der Waals surface area contributed by atoms with E-state index in [4.69, 9.17) is 9.47 Å². The third-order valence-electron chi connectivity index (χ3n) is 5.93. The molecule has 0 bridgehead atoms. The Hall–Kier alpha value is -3.76. The molecule has 4 aromatic rings. The number of rotatable bonds is 9. The molecule has 1 aliphatic rings. The first kappa shape index (κ1) is 23.0. The SMILES string of the molecule is CCC(=O)c1cnc2nnc(Cc3cccc(-c4ncc(OCCN5CCOCC5)cn4)c3)n2c1. The number of ether oxygens (including phenoxy) is 2. The van der Waals surface area contributed by atoms with Crippen molar-refractivity contribution >= 4 is 11.6 Å². The minimum Gasteiger partial charge on any atom is -0.489 e. The maximum Gasteiger partial charge on any atom is 0.254 e. The van der Waals surface area contributed by atoms with Crippen LogP contribution in [0.25, 0.3) is 17.2 Å². The molecule has 0 N–H and O–H groups in total. The normalized spacial score (nSPS) is 14.3. The Kier molecular flexibility index (Phi) is 7.01. The van der Waals surface area contributed by atoms with E-state index in [0.29, 0.717) is 48.2 Å². The van der Waals surface area contributed by atoms with E-state index in [1.54, 1.807) is 29.2 Å². The standard InChI is InChI=1S/C25H27N7O3/c1-2-22(33)20-14-28-25-30-29-23(32(25)17-20)13-18-4-3-5-19(12-18)24-26-15-21(16-27-24)35-11-8-31-6-9-34-10-7-31/h3-5,12,14-17H,2,6-11,13H2,1H3. The van der Waals surface area contributed by atoms with Gasteiger partial charge in [0.15, 0.2) is 17.4 Å². The lowest BCUT2D eigenvalue weighted by Gasteiger charge is -2.26. The number of hydrogen-bond acceptors (Lipinski definition) is 9. The first-order chi connectivity index (χ1) is 17.2. The van der Waals surface area contributed by atoms with Crippen molar-refractivity contribution < 1.29 is 14.3 Å². The molecule has 35 heavy (non-hydrogen) atoms. The predicted molar refractivity (Wildman–Crippen MR) is 128 cm³/mol. The number of aromatic nitrogens is 6. The van der Waals surface area contributed by atoms with Gasteiger partial charge in [0, 0.05) is 50.4 Å². The quantitative estimate of drug-likeness (QED) is 0.339. The number of Topliss-reactive ketones (excluding diaryl/α,β-unsaturated/α-hetero) is 1. The second kappa shape index (κ2) is 10.7. The molecule has 10 heteroatoms. The summed E-state index contributed by atoms with van der Waals surface area (Å²) in [7, 11) is 0. The smallest absolute Gasteiger partial charge is 0.254 e. The summed E-state index contributed by atoms with van der Waals surface area (Å²) in [5.74, 6) is 2.48. The molecule has 0 radical (unpaired) electrons. The van der Waals surface area contributed by atoms with Crippen molar-refractivity contribution in [1.29, 1.82) is 0 Å². The van der Waals surface area contributed by atoms with Crippen molar-refractivity contribution in [3.8, 4) is 17.1 Å². The topological polar surface area (TPSA) is 108 Å². The summed E-state index contributed by atoms with van der Waals surface area (Å²) in [5.41, 5.74) is 2.48. The van der Waals surface area contributed by atoms with Gasteiger partial charge in [0.2, 0.25) is 0 Å². The van der Waals surface area contributed by atoms with Gasteiger partial charge in [-0.2, -0.15) is 0 Å². The van der Waals surface area contributed by atoms with Gasteiger partial charge in [0.05, 0.1) is 31.2 Å². The number of benzene rings is 1. The van der Waals surface area contributed by atoms with E-state index in [-0.39, 0.29) is 5.78 Å². The van der Waals surface area contributed by atoms with Crippen LogP contribution in [0, 0.1) is 0 Å². The molecule has 4 heterocycles. The lowest BCUT2D eigenvalue weighted by Crippen LogP contribution is -2.38. The van der Waals surface area contributed by atoms with Crippen molar-refractivity contribution in [2.45, 2.75) is 19.8 Å². The average Bonchev–Trinajstić information content (AvgIpc) is 3.31. The van der Waals surface area contributed by atoms with E-state index in [2.05, 4.69) is 30.0 Å². The summed E-state index contributed by atoms with van der Waals surface area (Å²) in [5, 5.41) is 8.40. The van der Waals surface area contributed by atoms with Crippen LogP contribution in [-0.2, 0) is 11.2 Å². The Morgan fingerprint density at radius 3 is 2.71 bits per heavy atom. The van der Waals surface area contributed by atoms with Gasteiger partial charge in [-0.3, -0.25) is 14.1 Å². The highest BCUT2D eigenvalue weighted by Gasteiger charge is 2.13. The maximum absolute atomic E-state index is 12.1. The molecule has 0 unspecified atom stereocenters. The largest absolute Gasteiger partial charge is 0.489 e. The van der Waals surface area contributed by atoms with Crippen molar-refractivity contribution in [3.05, 3.63) is 66.0 Å². The third-order valence-corrected chi connectivity index (χ3v) is 5.93. The average molecular weight is 474 g/mol. The van der Waals surface area contributed by atoms with Crippen LogP contribution in [0.2, 0.25) is 0 Å². The van der Waals surface area contributed by atoms with E-state index >= 15 is 0 Å². The first-order valence-electron chi connectivity index (χ1n) is 11.8. The van der Waals surface area contributed by atoms with Crippen LogP contribution in [0.4, 0.5) is 0 Å². The monoisotopic (exact) mass is 473 g/mol. The van der Waals surface area contributed by atoms with Crippen LogP contribution >= 0.6 is 0 Å². The van der Waals surface area contributed by atoms with Gasteiger partial charge in [-0.05, 0) is 11.6 Å². The fraction of sp³-hybridized carbons (Fsp3) is 0.360. The molecule has 1 aromatic carbocycles. The zero-order valence-corrected chi connectivity index (χ0v) is 19.6. The second-order valence-electron chi connectivity index (χ2n) is 8.33. The second-order valence-corrected chi connectivity index (χ2v) is 8.33. The van der Waals surface area contributed by atoms with Crippen molar-refractivity contribution in [2.24, 2.45) is 0 Å². The lowest BCUT2D eigenvalue weighted by atomic mass is 10.1. The molecule has 3 aromatic heterocycles. The number of carbonyl (C=O) groups is 1. The molecule has 10 nitrogen and oxygen atoms in total. The maximum atomic E-state index is 12.1. The molecule has 5 rings (SSSR count). The lowest BCUT2D eigenvalue weighted by molar-refractivity contribution is 0.0322. The summed E-state index contributed by atoms with van der Waals surface area (Å²) in [6.07, 6.45) is 7.67.